The highest BCUT2D eigenvalue weighted by Crippen LogP contribution is 2.32. The minimum absolute atomic E-state index is 0.0846. The summed E-state index contributed by atoms with van der Waals surface area (Å²) in [5.74, 6) is 0.814. The normalized spacial score (nSPS) is 20.4. The smallest absolute Gasteiger partial charge is 0.389 e. The van der Waals surface area contributed by atoms with Crippen LogP contribution in [0.4, 0.5) is 13.2 Å². The molecule has 100 valence electrons. The van der Waals surface area contributed by atoms with Crippen molar-refractivity contribution < 1.29 is 17.9 Å². The van der Waals surface area contributed by atoms with E-state index in [4.69, 9.17) is 10.5 Å². The van der Waals surface area contributed by atoms with Crippen molar-refractivity contribution in [3.8, 4) is 5.75 Å². The fraction of sp³-hybridized carbons (Fsp3) is 0.538. The van der Waals surface area contributed by atoms with Crippen LogP contribution in [0.25, 0.3) is 0 Å². The van der Waals surface area contributed by atoms with E-state index in [2.05, 4.69) is 0 Å². The van der Waals surface area contributed by atoms with Gasteiger partial charge in [-0.25, -0.2) is 0 Å². The first kappa shape index (κ1) is 13.2. The number of hydrogen-bond acceptors (Lipinski definition) is 2. The van der Waals surface area contributed by atoms with Gasteiger partial charge in [0.1, 0.15) is 11.9 Å². The summed E-state index contributed by atoms with van der Waals surface area (Å²) < 4.78 is 41.9. The van der Waals surface area contributed by atoms with Crippen molar-refractivity contribution in [2.24, 2.45) is 5.73 Å². The molecular formula is C13H16F3NO. The van der Waals surface area contributed by atoms with E-state index in [0.717, 1.165) is 23.3 Å². The Hall–Kier alpha value is -1.23. The van der Waals surface area contributed by atoms with Crippen molar-refractivity contribution in [2.45, 2.75) is 44.5 Å². The number of hydrogen-bond donors (Lipinski definition) is 1. The van der Waals surface area contributed by atoms with Gasteiger partial charge >= 0.3 is 6.18 Å². The van der Waals surface area contributed by atoms with E-state index >= 15 is 0 Å². The molecule has 1 aliphatic heterocycles. The maximum Gasteiger partial charge on any atom is 0.389 e. The summed E-state index contributed by atoms with van der Waals surface area (Å²) in [5.41, 5.74) is 7.57. The third kappa shape index (κ3) is 3.16. The van der Waals surface area contributed by atoms with Gasteiger partial charge in [0.15, 0.2) is 0 Å². The number of halogens is 3. The summed E-state index contributed by atoms with van der Waals surface area (Å²) >= 11 is 0. The molecule has 0 saturated carbocycles. The van der Waals surface area contributed by atoms with Gasteiger partial charge in [-0.15, -0.1) is 0 Å². The summed E-state index contributed by atoms with van der Waals surface area (Å²) in [7, 11) is 0. The molecule has 2 nitrogen and oxygen atoms in total. The molecule has 0 spiro atoms. The molecule has 0 fully saturated rings. The van der Waals surface area contributed by atoms with E-state index in [0.29, 0.717) is 0 Å². The molecule has 0 radical (unpaired) electrons. The number of ether oxygens (including phenoxy) is 1. The van der Waals surface area contributed by atoms with Crippen LogP contribution in [0, 0.1) is 0 Å². The molecule has 2 atom stereocenters. The molecule has 18 heavy (non-hydrogen) atoms. The van der Waals surface area contributed by atoms with Gasteiger partial charge in [-0.1, -0.05) is 12.1 Å². The third-order valence-electron chi connectivity index (χ3n) is 3.09. The highest BCUT2D eigenvalue weighted by molar-refractivity contribution is 5.41. The van der Waals surface area contributed by atoms with Gasteiger partial charge in [-0.3, -0.25) is 0 Å². The Morgan fingerprint density at radius 3 is 2.83 bits per heavy atom. The summed E-state index contributed by atoms with van der Waals surface area (Å²) in [6.45, 7) is 1.96. The molecule has 1 heterocycles. The minimum atomic E-state index is -4.15. The lowest BCUT2D eigenvalue weighted by molar-refractivity contribution is -0.136. The van der Waals surface area contributed by atoms with Gasteiger partial charge in [-0.2, -0.15) is 13.2 Å². The summed E-state index contributed by atoms with van der Waals surface area (Å²) in [6.07, 6.45) is -4.17. The lowest BCUT2D eigenvalue weighted by atomic mass is 9.99. The van der Waals surface area contributed by atoms with Crippen LogP contribution in [0.3, 0.4) is 0 Å². The Bertz CT molecular complexity index is 431. The van der Waals surface area contributed by atoms with Crippen LogP contribution in [0.15, 0.2) is 18.2 Å². The minimum Gasteiger partial charge on any atom is -0.490 e. The molecule has 0 saturated heterocycles. The Labute approximate surface area is 104 Å². The predicted octanol–water partition coefficient (Wildman–Crippen LogP) is 3.35. The summed E-state index contributed by atoms with van der Waals surface area (Å²) in [5, 5.41) is 0. The molecule has 2 rings (SSSR count). The van der Waals surface area contributed by atoms with Crippen LogP contribution in [0.5, 0.6) is 5.75 Å². The van der Waals surface area contributed by atoms with Gasteiger partial charge in [0.05, 0.1) is 0 Å². The summed E-state index contributed by atoms with van der Waals surface area (Å²) in [6, 6.07) is 4.83. The van der Waals surface area contributed by atoms with Crippen molar-refractivity contribution in [1.82, 2.24) is 0 Å². The molecule has 0 aliphatic carbocycles. The van der Waals surface area contributed by atoms with E-state index in [1.807, 2.05) is 13.0 Å². The van der Waals surface area contributed by atoms with Crippen molar-refractivity contribution in [3.63, 3.8) is 0 Å². The second-order valence-electron chi connectivity index (χ2n) is 4.76. The molecule has 0 amide bonds. The molecule has 5 heteroatoms. The number of benzene rings is 1. The highest BCUT2D eigenvalue weighted by atomic mass is 19.4. The highest BCUT2D eigenvalue weighted by Gasteiger charge is 2.28. The standard InChI is InChI=1S/C13H16F3NO/c1-8-6-10-7-9(2-3-12(10)18-8)11(17)4-5-13(14,15)16/h2-3,7-8,11H,4-6,17H2,1H3. The van der Waals surface area contributed by atoms with Crippen molar-refractivity contribution in [2.75, 3.05) is 0 Å². The van der Waals surface area contributed by atoms with E-state index in [-0.39, 0.29) is 12.5 Å². The zero-order valence-electron chi connectivity index (χ0n) is 10.1. The van der Waals surface area contributed by atoms with E-state index < -0.39 is 18.6 Å². The SMILES string of the molecule is CC1Cc2cc(C(N)CCC(F)(F)F)ccc2O1. The number of rotatable bonds is 3. The molecule has 1 aromatic rings. The van der Waals surface area contributed by atoms with Crippen LogP contribution in [0.2, 0.25) is 0 Å². The Balaban J connectivity index is 2.04. The van der Waals surface area contributed by atoms with Gasteiger partial charge in [0, 0.05) is 18.9 Å². The van der Waals surface area contributed by atoms with Gasteiger partial charge in [0.2, 0.25) is 0 Å². The average Bonchev–Trinajstić information content (AvgIpc) is 2.63. The largest absolute Gasteiger partial charge is 0.490 e. The zero-order valence-corrected chi connectivity index (χ0v) is 10.1. The topological polar surface area (TPSA) is 35.2 Å². The first-order valence-electron chi connectivity index (χ1n) is 5.97. The van der Waals surface area contributed by atoms with Crippen LogP contribution < -0.4 is 10.5 Å². The van der Waals surface area contributed by atoms with Gasteiger partial charge < -0.3 is 10.5 Å². The van der Waals surface area contributed by atoms with E-state index in [9.17, 15) is 13.2 Å². The van der Waals surface area contributed by atoms with Crippen LogP contribution in [-0.2, 0) is 6.42 Å². The lowest BCUT2D eigenvalue weighted by Crippen LogP contribution is -2.15. The molecular weight excluding hydrogens is 243 g/mol. The third-order valence-corrected chi connectivity index (χ3v) is 3.09. The first-order chi connectivity index (χ1) is 8.35. The van der Waals surface area contributed by atoms with E-state index in [1.54, 1.807) is 12.1 Å². The van der Waals surface area contributed by atoms with Gasteiger partial charge in [0.25, 0.3) is 0 Å². The van der Waals surface area contributed by atoms with Crippen molar-refractivity contribution in [1.29, 1.82) is 0 Å². The number of nitrogens with two attached hydrogens (primary N) is 1. The number of fused-ring (bicyclic) bond motifs is 1. The zero-order chi connectivity index (χ0) is 13.3. The van der Waals surface area contributed by atoms with Crippen LogP contribution in [0.1, 0.15) is 36.9 Å². The quantitative estimate of drug-likeness (QED) is 0.903. The lowest BCUT2D eigenvalue weighted by Gasteiger charge is -2.14. The Kier molecular flexibility index (Phi) is 3.52. The van der Waals surface area contributed by atoms with Gasteiger partial charge in [-0.05, 0) is 30.5 Å². The molecule has 1 aromatic carbocycles. The fourth-order valence-corrected chi connectivity index (χ4v) is 2.16. The first-order valence-corrected chi connectivity index (χ1v) is 5.97. The van der Waals surface area contributed by atoms with Crippen LogP contribution in [-0.4, -0.2) is 12.3 Å². The van der Waals surface area contributed by atoms with Crippen molar-refractivity contribution in [3.05, 3.63) is 29.3 Å². The number of alkyl halides is 3. The fourth-order valence-electron chi connectivity index (χ4n) is 2.16. The van der Waals surface area contributed by atoms with Crippen LogP contribution >= 0.6 is 0 Å². The maximum atomic E-state index is 12.1. The molecule has 1 aliphatic rings. The molecule has 0 aromatic heterocycles. The second-order valence-corrected chi connectivity index (χ2v) is 4.76. The molecule has 0 bridgehead atoms. The van der Waals surface area contributed by atoms with Crippen molar-refractivity contribution >= 4 is 0 Å². The second kappa shape index (κ2) is 4.80. The Morgan fingerprint density at radius 1 is 1.44 bits per heavy atom. The monoisotopic (exact) mass is 259 g/mol. The maximum absolute atomic E-state index is 12.1. The Morgan fingerprint density at radius 2 is 2.17 bits per heavy atom. The molecule has 2 N–H and O–H groups in total. The average molecular weight is 259 g/mol. The van der Waals surface area contributed by atoms with E-state index in [1.165, 1.54) is 0 Å². The summed E-state index contributed by atoms with van der Waals surface area (Å²) in [4.78, 5) is 0. The predicted molar refractivity (Wildman–Crippen MR) is 62.5 cm³/mol. The molecule has 2 unspecified atom stereocenters.